The molecule has 0 spiro atoms. The van der Waals surface area contributed by atoms with Crippen LogP contribution in [-0.4, -0.2) is 47.9 Å². The van der Waals surface area contributed by atoms with E-state index in [4.69, 9.17) is 4.74 Å². The predicted molar refractivity (Wildman–Crippen MR) is 105 cm³/mol. The smallest absolute Gasteiger partial charge is 0.350 e. The van der Waals surface area contributed by atoms with Crippen LogP contribution in [0.3, 0.4) is 0 Å². The molecule has 0 aliphatic rings. The van der Waals surface area contributed by atoms with Crippen molar-refractivity contribution >= 4 is 39.5 Å². The molecule has 3 aromatic rings. The van der Waals surface area contributed by atoms with E-state index in [-0.39, 0.29) is 5.97 Å². The number of carbonyl (C=O) groups is 1. The molecule has 0 unspecified atom stereocenters. The van der Waals surface area contributed by atoms with Crippen molar-refractivity contribution in [1.29, 1.82) is 0 Å². The van der Waals surface area contributed by atoms with Gasteiger partial charge in [0.25, 0.3) is 0 Å². The van der Waals surface area contributed by atoms with E-state index in [2.05, 4.69) is 15.0 Å². The average Bonchev–Trinajstić information content (AvgIpc) is 2.98. The summed E-state index contributed by atoms with van der Waals surface area (Å²) in [6, 6.07) is 5.89. The summed E-state index contributed by atoms with van der Waals surface area (Å²) in [7, 11) is 3.77. The minimum Gasteiger partial charge on any atom is -0.462 e. The van der Waals surface area contributed by atoms with Crippen LogP contribution in [0.4, 0.5) is 5.69 Å². The quantitative estimate of drug-likeness (QED) is 0.386. The first kappa shape index (κ1) is 18.0. The summed E-state index contributed by atoms with van der Waals surface area (Å²) in [6.45, 7) is 4.04. The fourth-order valence-electron chi connectivity index (χ4n) is 2.60. The van der Waals surface area contributed by atoms with Crippen molar-refractivity contribution < 1.29 is 9.53 Å². The van der Waals surface area contributed by atoms with Crippen LogP contribution in [0.5, 0.6) is 0 Å². The number of ether oxygens (including phenoxy) is 1. The molecule has 0 atom stereocenters. The van der Waals surface area contributed by atoms with Gasteiger partial charge in [-0.25, -0.2) is 14.8 Å². The maximum absolute atomic E-state index is 12.5. The van der Waals surface area contributed by atoms with Crippen LogP contribution >= 0.6 is 11.3 Å². The Hall–Kier alpha value is -2.80. The number of aryl methyl sites for hydroxylation is 1. The molecular weight excluding hydrogens is 348 g/mol. The zero-order valence-corrected chi connectivity index (χ0v) is 16.0. The number of thiophene rings is 1. The molecule has 0 N–H and O–H groups in total. The first-order valence-corrected chi connectivity index (χ1v) is 9.05. The van der Waals surface area contributed by atoms with Gasteiger partial charge in [0.05, 0.1) is 12.9 Å². The normalized spacial score (nSPS) is 11.2. The summed E-state index contributed by atoms with van der Waals surface area (Å²) in [4.78, 5) is 28.8. The molecule has 0 radical (unpaired) electrons. The molecule has 0 aromatic carbocycles. The largest absolute Gasteiger partial charge is 0.462 e. The summed E-state index contributed by atoms with van der Waals surface area (Å²) >= 11 is 1.31. The molecule has 3 rings (SSSR count). The van der Waals surface area contributed by atoms with E-state index in [0.717, 1.165) is 27.0 Å². The first-order valence-electron chi connectivity index (χ1n) is 8.23. The lowest BCUT2D eigenvalue weighted by Gasteiger charge is -2.07. The summed E-state index contributed by atoms with van der Waals surface area (Å²) in [5.74, 6) is -0.375. The Bertz CT molecular complexity index is 965. The number of aliphatic imine (C=N–C) groups is 1. The molecule has 0 saturated carbocycles. The molecule has 134 valence electrons. The van der Waals surface area contributed by atoms with Gasteiger partial charge in [-0.15, -0.1) is 11.3 Å². The topological polar surface area (TPSA) is 67.7 Å². The van der Waals surface area contributed by atoms with Crippen molar-refractivity contribution in [3.63, 3.8) is 0 Å². The highest BCUT2D eigenvalue weighted by Gasteiger charge is 2.23. The lowest BCUT2D eigenvalue weighted by molar-refractivity contribution is 0.0533. The summed E-state index contributed by atoms with van der Waals surface area (Å²) in [5, 5.41) is 0.855. The molecule has 3 aromatic heterocycles. The maximum Gasteiger partial charge on any atom is 0.350 e. The van der Waals surface area contributed by atoms with Crippen molar-refractivity contribution in [2.24, 2.45) is 4.99 Å². The Kier molecular flexibility index (Phi) is 5.27. The van der Waals surface area contributed by atoms with E-state index in [9.17, 15) is 4.79 Å². The number of hydrogen-bond acceptors (Lipinski definition) is 6. The van der Waals surface area contributed by atoms with Gasteiger partial charge in [0.1, 0.15) is 15.4 Å². The average molecular weight is 368 g/mol. The number of aromatic nitrogens is 2. The van der Waals surface area contributed by atoms with E-state index >= 15 is 0 Å². The van der Waals surface area contributed by atoms with E-state index in [1.54, 1.807) is 25.7 Å². The van der Waals surface area contributed by atoms with Gasteiger partial charge in [0.15, 0.2) is 0 Å². The summed E-state index contributed by atoms with van der Waals surface area (Å²) < 4.78 is 5.23. The predicted octanol–water partition coefficient (Wildman–Crippen LogP) is 4.06. The molecule has 0 aliphatic heterocycles. The van der Waals surface area contributed by atoms with Gasteiger partial charge in [-0.1, -0.05) is 0 Å². The van der Waals surface area contributed by atoms with Crippen LogP contribution in [0.25, 0.3) is 21.3 Å². The van der Waals surface area contributed by atoms with Gasteiger partial charge >= 0.3 is 5.97 Å². The number of pyridine rings is 2. The molecule has 0 bridgehead atoms. The molecule has 3 heterocycles. The SMILES string of the molecule is CCOC(=O)c1sc2nc(C)cc(-c3ccncc3)c2c1N=CN(C)C. The van der Waals surface area contributed by atoms with Gasteiger partial charge in [-0.05, 0) is 43.2 Å². The Morgan fingerprint density at radius 2 is 2.08 bits per heavy atom. The third-order valence-electron chi connectivity index (χ3n) is 3.63. The molecule has 6 nitrogen and oxygen atoms in total. The second-order valence-corrected chi connectivity index (χ2v) is 6.93. The lowest BCUT2D eigenvalue weighted by Crippen LogP contribution is -2.07. The van der Waals surface area contributed by atoms with Crippen LogP contribution in [-0.2, 0) is 4.74 Å². The van der Waals surface area contributed by atoms with E-state index in [0.29, 0.717) is 17.2 Å². The number of rotatable bonds is 5. The third-order valence-corrected chi connectivity index (χ3v) is 4.69. The van der Waals surface area contributed by atoms with Crippen LogP contribution in [0.2, 0.25) is 0 Å². The molecule has 26 heavy (non-hydrogen) atoms. The van der Waals surface area contributed by atoms with Crippen LogP contribution in [0, 0.1) is 6.92 Å². The van der Waals surface area contributed by atoms with Gasteiger partial charge in [-0.3, -0.25) is 4.98 Å². The number of hydrogen-bond donors (Lipinski definition) is 0. The minimum atomic E-state index is -0.375. The van der Waals surface area contributed by atoms with Crippen molar-refractivity contribution in [2.75, 3.05) is 20.7 Å². The molecule has 0 saturated heterocycles. The molecule has 0 fully saturated rings. The highest BCUT2D eigenvalue weighted by Crippen LogP contribution is 2.43. The Morgan fingerprint density at radius 3 is 2.73 bits per heavy atom. The fraction of sp³-hybridized carbons (Fsp3) is 0.263. The number of carbonyl (C=O) groups excluding carboxylic acids is 1. The lowest BCUT2D eigenvalue weighted by atomic mass is 10.0. The Labute approximate surface area is 156 Å². The van der Waals surface area contributed by atoms with Crippen molar-refractivity contribution in [1.82, 2.24) is 14.9 Å². The molecule has 0 amide bonds. The molecule has 7 heteroatoms. The first-order chi connectivity index (χ1) is 12.5. The molecule has 0 aliphatic carbocycles. The fourth-order valence-corrected chi connectivity index (χ4v) is 3.68. The number of fused-ring (bicyclic) bond motifs is 1. The number of esters is 1. The van der Waals surface area contributed by atoms with Gasteiger partial charge in [0.2, 0.25) is 0 Å². The summed E-state index contributed by atoms with van der Waals surface area (Å²) in [5.41, 5.74) is 3.46. The Morgan fingerprint density at radius 1 is 1.35 bits per heavy atom. The van der Waals surface area contributed by atoms with Gasteiger partial charge in [-0.2, -0.15) is 0 Å². The van der Waals surface area contributed by atoms with Crippen molar-refractivity contribution in [3.8, 4) is 11.1 Å². The second-order valence-electron chi connectivity index (χ2n) is 5.94. The van der Waals surface area contributed by atoms with E-state index < -0.39 is 0 Å². The van der Waals surface area contributed by atoms with Crippen LogP contribution < -0.4 is 0 Å². The maximum atomic E-state index is 12.5. The standard InChI is InChI=1S/C19H20N4O2S/c1-5-25-19(24)17-16(21-11-23(3)4)15-14(13-6-8-20-9-7-13)10-12(2)22-18(15)26-17/h6-11H,5H2,1-4H3. The highest BCUT2D eigenvalue weighted by atomic mass is 32.1. The zero-order valence-electron chi connectivity index (χ0n) is 15.2. The minimum absolute atomic E-state index is 0.313. The van der Waals surface area contributed by atoms with Crippen LogP contribution in [0.15, 0.2) is 35.6 Å². The van der Waals surface area contributed by atoms with Gasteiger partial charge in [0, 0.05) is 37.6 Å². The van der Waals surface area contributed by atoms with E-state index in [1.807, 2.05) is 44.1 Å². The zero-order chi connectivity index (χ0) is 18.7. The third kappa shape index (κ3) is 3.57. The monoisotopic (exact) mass is 368 g/mol. The van der Waals surface area contributed by atoms with E-state index in [1.165, 1.54) is 11.3 Å². The van der Waals surface area contributed by atoms with Crippen molar-refractivity contribution in [2.45, 2.75) is 13.8 Å². The van der Waals surface area contributed by atoms with Crippen LogP contribution in [0.1, 0.15) is 22.3 Å². The molecular formula is C19H20N4O2S. The van der Waals surface area contributed by atoms with Gasteiger partial charge < -0.3 is 9.64 Å². The highest BCUT2D eigenvalue weighted by molar-refractivity contribution is 7.21. The second kappa shape index (κ2) is 7.61. The number of nitrogens with zero attached hydrogens (tertiary/aromatic N) is 4. The van der Waals surface area contributed by atoms with Crippen molar-refractivity contribution in [3.05, 3.63) is 41.2 Å². The Balaban J connectivity index is 2.33. The summed E-state index contributed by atoms with van der Waals surface area (Å²) in [6.07, 6.45) is 5.18.